The fraction of sp³-hybridized carbons (Fsp3) is 0.122. The Morgan fingerprint density at radius 3 is 1.32 bits per heavy atom. The van der Waals surface area contributed by atoms with Gasteiger partial charge in [-0.25, -0.2) is 9.69 Å². The van der Waals surface area contributed by atoms with Crippen LogP contribution in [0.15, 0.2) is 146 Å². The van der Waals surface area contributed by atoms with Gasteiger partial charge in [-0.1, -0.05) is 121 Å². The van der Waals surface area contributed by atoms with Crippen molar-refractivity contribution < 1.29 is 23.9 Å². The van der Waals surface area contributed by atoms with Crippen molar-refractivity contribution in [2.24, 2.45) is 11.8 Å². The molecular formula is C41H29NO5. The first-order valence-corrected chi connectivity index (χ1v) is 15.6. The second-order valence-corrected chi connectivity index (χ2v) is 12.2. The van der Waals surface area contributed by atoms with Crippen molar-refractivity contribution in [2.45, 2.75) is 10.8 Å². The summed E-state index contributed by atoms with van der Waals surface area (Å²) < 4.78 is 4.86. The lowest BCUT2D eigenvalue weighted by molar-refractivity contribution is -0.130. The number of fused-ring (bicyclic) bond motifs is 5. The second-order valence-electron chi connectivity index (χ2n) is 12.2. The van der Waals surface area contributed by atoms with Crippen LogP contribution in [-0.2, 0) is 30.0 Å². The van der Waals surface area contributed by atoms with Crippen LogP contribution in [0.3, 0.4) is 0 Å². The minimum Gasteiger partial charge on any atom is -0.465 e. The Balaban J connectivity index is 1.49. The number of methoxy groups -OCH3 is 1. The van der Waals surface area contributed by atoms with Gasteiger partial charge < -0.3 is 4.74 Å². The third-order valence-electron chi connectivity index (χ3n) is 10.1. The van der Waals surface area contributed by atoms with Gasteiger partial charge in [-0.05, 0) is 57.7 Å². The first-order valence-electron chi connectivity index (χ1n) is 15.6. The number of anilines is 1. The summed E-state index contributed by atoms with van der Waals surface area (Å²) in [5, 5.41) is 0. The van der Waals surface area contributed by atoms with Gasteiger partial charge >= 0.3 is 5.97 Å². The number of amides is 2. The summed E-state index contributed by atoms with van der Waals surface area (Å²) in [7, 11) is 1.30. The van der Waals surface area contributed by atoms with Gasteiger partial charge in [0.1, 0.15) is 0 Å². The van der Waals surface area contributed by atoms with Crippen LogP contribution in [0.4, 0.5) is 5.69 Å². The molecule has 6 heteroatoms. The van der Waals surface area contributed by atoms with Crippen molar-refractivity contribution in [2.75, 3.05) is 12.0 Å². The van der Waals surface area contributed by atoms with E-state index in [1.165, 1.54) is 12.0 Å². The molecule has 8 rings (SSSR count). The minimum absolute atomic E-state index is 0.169. The average Bonchev–Trinajstić information content (AvgIpc) is 3.65. The van der Waals surface area contributed by atoms with Crippen molar-refractivity contribution in [1.29, 1.82) is 0 Å². The lowest BCUT2D eigenvalue weighted by atomic mass is 9.59. The Morgan fingerprint density at radius 2 is 0.936 bits per heavy atom. The van der Waals surface area contributed by atoms with Gasteiger partial charge in [0.15, 0.2) is 5.78 Å². The summed E-state index contributed by atoms with van der Waals surface area (Å²) >= 11 is 0. The van der Waals surface area contributed by atoms with Gasteiger partial charge in [0.25, 0.3) is 0 Å². The van der Waals surface area contributed by atoms with Gasteiger partial charge in [0.2, 0.25) is 11.8 Å². The molecule has 0 aromatic heterocycles. The Hall–Kier alpha value is -5.88. The molecule has 1 saturated heterocycles. The molecule has 0 N–H and O–H groups in total. The summed E-state index contributed by atoms with van der Waals surface area (Å²) in [4.78, 5) is 59.3. The number of rotatable bonds is 6. The number of benzene rings is 5. The van der Waals surface area contributed by atoms with Crippen molar-refractivity contribution in [3.8, 4) is 0 Å². The highest BCUT2D eigenvalue weighted by Crippen LogP contribution is 2.74. The van der Waals surface area contributed by atoms with Crippen LogP contribution in [0.2, 0.25) is 0 Å². The van der Waals surface area contributed by atoms with Crippen LogP contribution in [0.1, 0.15) is 32.6 Å². The number of esters is 1. The number of ether oxygens (including phenoxy) is 1. The Bertz CT molecular complexity index is 1970. The van der Waals surface area contributed by atoms with Gasteiger partial charge in [0.05, 0.1) is 41.0 Å². The number of imide groups is 1. The highest BCUT2D eigenvalue weighted by atomic mass is 16.5. The molecule has 2 amide bonds. The van der Waals surface area contributed by atoms with Crippen LogP contribution in [-0.4, -0.2) is 30.7 Å². The lowest BCUT2D eigenvalue weighted by Gasteiger charge is -2.39. The normalized spacial score (nSPS) is 24.5. The van der Waals surface area contributed by atoms with Gasteiger partial charge in [-0.2, -0.15) is 0 Å². The van der Waals surface area contributed by atoms with Gasteiger partial charge in [-0.15, -0.1) is 0 Å². The van der Waals surface area contributed by atoms with E-state index >= 15 is 14.4 Å². The van der Waals surface area contributed by atoms with Gasteiger partial charge in [-0.3, -0.25) is 14.4 Å². The van der Waals surface area contributed by atoms with Crippen molar-refractivity contribution >= 4 is 40.4 Å². The minimum atomic E-state index is -1.47. The number of nitrogens with zero attached hydrogens (tertiary/aromatic N) is 1. The van der Waals surface area contributed by atoms with Crippen LogP contribution >= 0.6 is 0 Å². The zero-order valence-corrected chi connectivity index (χ0v) is 25.5. The maximum atomic E-state index is 15.9. The van der Waals surface area contributed by atoms with E-state index in [1.807, 2.05) is 121 Å². The summed E-state index contributed by atoms with van der Waals surface area (Å²) in [5.74, 6) is -3.62. The molecule has 5 aromatic rings. The molecule has 2 aliphatic carbocycles. The van der Waals surface area contributed by atoms with Crippen LogP contribution in [0.5, 0.6) is 0 Å². The van der Waals surface area contributed by atoms with Crippen LogP contribution < -0.4 is 4.90 Å². The van der Waals surface area contributed by atoms with E-state index in [9.17, 15) is 4.79 Å². The molecule has 3 aliphatic rings. The Labute approximate surface area is 271 Å². The Kier molecular flexibility index (Phi) is 6.44. The van der Waals surface area contributed by atoms with Crippen LogP contribution in [0.25, 0.3) is 11.1 Å². The van der Waals surface area contributed by atoms with Crippen molar-refractivity contribution in [3.63, 3.8) is 0 Å². The smallest absolute Gasteiger partial charge is 0.337 e. The lowest BCUT2D eigenvalue weighted by Crippen LogP contribution is -2.45. The number of Topliss-reactive ketones (excluding diaryl/α,β-unsaturated/α-hetero) is 1. The fourth-order valence-corrected chi connectivity index (χ4v) is 8.45. The van der Waals surface area contributed by atoms with E-state index in [1.54, 1.807) is 24.3 Å². The number of carbonyl (C=O) groups excluding carboxylic acids is 4. The first-order chi connectivity index (χ1) is 23.0. The zero-order valence-electron chi connectivity index (χ0n) is 25.5. The number of hydrogen-bond acceptors (Lipinski definition) is 5. The van der Waals surface area contributed by atoms with E-state index in [0.29, 0.717) is 22.4 Å². The molecule has 5 aromatic carbocycles. The largest absolute Gasteiger partial charge is 0.465 e. The zero-order chi connectivity index (χ0) is 32.3. The molecule has 1 saturated carbocycles. The number of carbonyl (C=O) groups is 4. The summed E-state index contributed by atoms with van der Waals surface area (Å²) in [6.45, 7) is 0. The van der Waals surface area contributed by atoms with E-state index < -0.39 is 40.4 Å². The molecule has 47 heavy (non-hydrogen) atoms. The molecule has 0 spiro atoms. The molecule has 6 nitrogen and oxygen atoms in total. The monoisotopic (exact) mass is 615 g/mol. The summed E-state index contributed by atoms with van der Waals surface area (Å²) in [5.41, 5.74) is 2.17. The third kappa shape index (κ3) is 3.67. The van der Waals surface area contributed by atoms with E-state index in [4.69, 9.17) is 4.74 Å². The number of allylic oxidation sites excluding steroid dienone is 2. The Morgan fingerprint density at radius 1 is 0.553 bits per heavy atom. The number of ketones is 1. The topological polar surface area (TPSA) is 80.8 Å². The molecule has 2 fully saturated rings. The molecular weight excluding hydrogens is 586 g/mol. The van der Waals surface area contributed by atoms with E-state index in [2.05, 4.69) is 0 Å². The maximum Gasteiger partial charge on any atom is 0.337 e. The molecule has 2 bridgehead atoms. The van der Waals surface area contributed by atoms with Gasteiger partial charge in [0, 0.05) is 0 Å². The predicted molar refractivity (Wildman–Crippen MR) is 178 cm³/mol. The molecule has 0 unspecified atom stereocenters. The molecule has 228 valence electrons. The highest BCUT2D eigenvalue weighted by molar-refractivity contribution is 6.39. The van der Waals surface area contributed by atoms with Crippen molar-refractivity contribution in [1.82, 2.24) is 0 Å². The highest BCUT2D eigenvalue weighted by Gasteiger charge is 2.82. The second kappa shape index (κ2) is 10.6. The number of hydrogen-bond donors (Lipinski definition) is 0. The third-order valence-corrected chi connectivity index (χ3v) is 10.1. The fourth-order valence-electron chi connectivity index (χ4n) is 8.45. The average molecular weight is 616 g/mol. The van der Waals surface area contributed by atoms with Crippen molar-refractivity contribution in [3.05, 3.63) is 173 Å². The molecule has 1 heterocycles. The standard InChI is InChI=1S/C41H29NO5/c1-47-38(45)28-22-24-31(25-23-28)42-36(43)34-35(37(42)44)41(30-20-12-5-13-21-30)33(27-16-8-3-9-17-27)32(26-14-6-2-7-15-26)40(34,39(41)46)29-18-10-4-11-19-29/h2-25,34-35H,1H3/t34-,35-,40+,41+/m1/s1. The summed E-state index contributed by atoms with van der Waals surface area (Å²) in [6.07, 6.45) is 0. The molecule has 4 atom stereocenters. The van der Waals surface area contributed by atoms with E-state index in [0.717, 1.165) is 22.3 Å². The van der Waals surface area contributed by atoms with E-state index in [-0.39, 0.29) is 5.78 Å². The predicted octanol–water partition coefficient (Wildman–Crippen LogP) is 6.66. The molecule has 1 aliphatic heterocycles. The summed E-state index contributed by atoms with van der Waals surface area (Å²) in [6, 6.07) is 44.7. The SMILES string of the molecule is COC(=O)c1ccc(N2C(=O)[C@H]3[C@H](C2=O)[C@@]2(c4ccccc4)C(=O)[C@@]3(c3ccccc3)C(c3ccccc3)=C2c2ccccc2)cc1. The van der Waals surface area contributed by atoms with Crippen LogP contribution in [0, 0.1) is 11.8 Å². The molecule has 0 radical (unpaired) electrons. The first kappa shape index (κ1) is 28.6. The maximum absolute atomic E-state index is 15.9. The quantitative estimate of drug-likeness (QED) is 0.158.